The predicted molar refractivity (Wildman–Crippen MR) is 80.6 cm³/mol. The van der Waals surface area contributed by atoms with E-state index in [2.05, 4.69) is 10.2 Å². The highest BCUT2D eigenvalue weighted by Gasteiger charge is 2.31. The number of amides is 1. The van der Waals surface area contributed by atoms with E-state index in [4.69, 9.17) is 11.5 Å². The van der Waals surface area contributed by atoms with Gasteiger partial charge in [-0.25, -0.2) is 0 Å². The number of nitrogen functional groups attached to an aromatic ring is 1. The third-order valence-electron chi connectivity index (χ3n) is 4.49. The predicted octanol–water partition coefficient (Wildman–Crippen LogP) is 1.41. The van der Waals surface area contributed by atoms with Crippen molar-refractivity contribution < 1.29 is 4.79 Å². The second-order valence-corrected chi connectivity index (χ2v) is 5.87. The number of fused-ring (bicyclic) bond motifs is 1. The van der Waals surface area contributed by atoms with Crippen molar-refractivity contribution in [2.75, 3.05) is 24.1 Å². The molecule has 5 heteroatoms. The Kier molecular flexibility index (Phi) is 3.53. The van der Waals surface area contributed by atoms with Gasteiger partial charge in [0.15, 0.2) is 0 Å². The summed E-state index contributed by atoms with van der Waals surface area (Å²) in [4.78, 5) is 14.1. The average molecular weight is 274 g/mol. The van der Waals surface area contributed by atoms with Crippen LogP contribution in [0.5, 0.6) is 0 Å². The van der Waals surface area contributed by atoms with E-state index in [1.54, 1.807) is 12.1 Å². The number of carbonyl (C=O) groups excluding carboxylic acids is 1. The maximum atomic E-state index is 11.5. The first-order chi connectivity index (χ1) is 9.63. The van der Waals surface area contributed by atoms with Crippen molar-refractivity contribution in [2.45, 2.75) is 37.8 Å². The number of rotatable bonds is 3. The zero-order valence-corrected chi connectivity index (χ0v) is 11.6. The van der Waals surface area contributed by atoms with Crippen LogP contribution in [0.2, 0.25) is 0 Å². The van der Waals surface area contributed by atoms with Crippen molar-refractivity contribution in [1.82, 2.24) is 4.90 Å². The molecular weight excluding hydrogens is 252 g/mol. The summed E-state index contributed by atoms with van der Waals surface area (Å²) in [5, 5.41) is 3.49. The number of nitrogens with zero attached hydrogens (tertiary/aromatic N) is 1. The quantitative estimate of drug-likeness (QED) is 0.728. The third-order valence-corrected chi connectivity index (χ3v) is 4.49. The van der Waals surface area contributed by atoms with E-state index in [0.717, 1.165) is 25.1 Å². The van der Waals surface area contributed by atoms with Crippen LogP contribution in [-0.4, -0.2) is 36.0 Å². The van der Waals surface area contributed by atoms with Gasteiger partial charge in [0.1, 0.15) is 0 Å². The fraction of sp³-hybridized carbons (Fsp3) is 0.533. The molecule has 2 unspecified atom stereocenters. The van der Waals surface area contributed by atoms with Gasteiger partial charge >= 0.3 is 0 Å². The summed E-state index contributed by atoms with van der Waals surface area (Å²) in [7, 11) is 0. The minimum absolute atomic E-state index is 0.413. The molecule has 0 bridgehead atoms. The molecule has 20 heavy (non-hydrogen) atoms. The van der Waals surface area contributed by atoms with Crippen LogP contribution in [0.15, 0.2) is 18.2 Å². The van der Waals surface area contributed by atoms with Crippen LogP contribution in [0.1, 0.15) is 36.0 Å². The lowest BCUT2D eigenvalue weighted by Crippen LogP contribution is -2.43. The zero-order chi connectivity index (χ0) is 14.1. The number of nitrogens with two attached hydrogens (primary N) is 2. The number of carbonyl (C=O) groups is 1. The van der Waals surface area contributed by atoms with E-state index in [9.17, 15) is 4.79 Å². The molecule has 0 spiro atoms. The van der Waals surface area contributed by atoms with Crippen LogP contribution < -0.4 is 16.8 Å². The number of benzene rings is 1. The molecule has 1 aromatic carbocycles. The van der Waals surface area contributed by atoms with Gasteiger partial charge in [-0.2, -0.15) is 0 Å². The molecule has 108 valence electrons. The van der Waals surface area contributed by atoms with Crippen LogP contribution in [0, 0.1) is 0 Å². The molecule has 0 saturated carbocycles. The Morgan fingerprint density at radius 1 is 1.30 bits per heavy atom. The summed E-state index contributed by atoms with van der Waals surface area (Å²) in [5.41, 5.74) is 13.0. The van der Waals surface area contributed by atoms with E-state index in [-0.39, 0.29) is 0 Å². The van der Waals surface area contributed by atoms with Crippen LogP contribution >= 0.6 is 0 Å². The first-order valence-corrected chi connectivity index (χ1v) is 7.33. The molecule has 2 heterocycles. The van der Waals surface area contributed by atoms with Gasteiger partial charge in [-0.1, -0.05) is 0 Å². The van der Waals surface area contributed by atoms with Gasteiger partial charge in [0, 0.05) is 30.0 Å². The fourth-order valence-electron chi connectivity index (χ4n) is 3.47. The van der Waals surface area contributed by atoms with Crippen LogP contribution in [0.25, 0.3) is 0 Å². The topological polar surface area (TPSA) is 84.4 Å². The molecule has 1 amide bonds. The monoisotopic (exact) mass is 274 g/mol. The lowest BCUT2D eigenvalue weighted by atomic mass is 9.97. The molecule has 5 nitrogen and oxygen atoms in total. The second kappa shape index (κ2) is 5.32. The van der Waals surface area contributed by atoms with Crippen molar-refractivity contribution in [3.63, 3.8) is 0 Å². The number of nitrogens with one attached hydrogen (secondary N) is 1. The summed E-state index contributed by atoms with van der Waals surface area (Å²) in [6.45, 7) is 2.38. The standard InChI is InChI=1S/C15H22N4O/c16-10-3-4-14(13(8-10)15(17)20)18-11-5-7-19-6-1-2-12(19)9-11/h3-4,8,11-12,18H,1-2,5-7,9,16H2,(H2,17,20). The highest BCUT2D eigenvalue weighted by atomic mass is 16.1. The molecule has 2 saturated heterocycles. The smallest absolute Gasteiger partial charge is 0.250 e. The van der Waals surface area contributed by atoms with Gasteiger partial charge in [-0.15, -0.1) is 0 Å². The first-order valence-electron chi connectivity index (χ1n) is 7.33. The summed E-state index contributed by atoms with van der Waals surface area (Å²) in [6.07, 6.45) is 4.86. The zero-order valence-electron chi connectivity index (χ0n) is 11.6. The Hall–Kier alpha value is -1.75. The van der Waals surface area contributed by atoms with E-state index < -0.39 is 5.91 Å². The Morgan fingerprint density at radius 2 is 2.15 bits per heavy atom. The molecule has 5 N–H and O–H groups in total. The maximum absolute atomic E-state index is 11.5. The number of hydrogen-bond donors (Lipinski definition) is 3. The third kappa shape index (κ3) is 2.58. The summed E-state index contributed by atoms with van der Waals surface area (Å²) >= 11 is 0. The summed E-state index contributed by atoms with van der Waals surface area (Å²) in [6, 6.07) is 6.42. The van der Waals surface area contributed by atoms with Gasteiger partial charge in [0.2, 0.25) is 0 Å². The summed E-state index contributed by atoms with van der Waals surface area (Å²) in [5.74, 6) is -0.432. The number of piperidine rings is 1. The molecule has 2 atom stereocenters. The number of anilines is 2. The molecule has 2 aliphatic heterocycles. The van der Waals surface area contributed by atoms with Crippen molar-refractivity contribution in [2.24, 2.45) is 5.73 Å². The van der Waals surface area contributed by atoms with Gasteiger partial charge in [-0.3, -0.25) is 4.79 Å². The van der Waals surface area contributed by atoms with Gasteiger partial charge in [0.25, 0.3) is 5.91 Å². The fourth-order valence-corrected chi connectivity index (χ4v) is 3.47. The number of primary amides is 1. The lowest BCUT2D eigenvalue weighted by Gasteiger charge is -2.35. The second-order valence-electron chi connectivity index (χ2n) is 5.87. The van der Waals surface area contributed by atoms with Gasteiger partial charge in [0.05, 0.1) is 5.56 Å². The Labute approximate surface area is 119 Å². The number of hydrogen-bond acceptors (Lipinski definition) is 4. The van der Waals surface area contributed by atoms with Crippen LogP contribution in [0.3, 0.4) is 0 Å². The Morgan fingerprint density at radius 3 is 2.95 bits per heavy atom. The average Bonchev–Trinajstić information content (AvgIpc) is 2.88. The van der Waals surface area contributed by atoms with E-state index in [0.29, 0.717) is 23.3 Å². The van der Waals surface area contributed by atoms with E-state index in [1.807, 2.05) is 6.07 Å². The molecule has 2 aliphatic rings. The van der Waals surface area contributed by atoms with Crippen molar-refractivity contribution in [1.29, 1.82) is 0 Å². The maximum Gasteiger partial charge on any atom is 0.250 e. The largest absolute Gasteiger partial charge is 0.399 e. The lowest BCUT2D eigenvalue weighted by molar-refractivity contribution is 0.100. The minimum Gasteiger partial charge on any atom is -0.399 e. The molecule has 3 rings (SSSR count). The minimum atomic E-state index is -0.432. The molecule has 0 aliphatic carbocycles. The van der Waals surface area contributed by atoms with E-state index >= 15 is 0 Å². The van der Waals surface area contributed by atoms with E-state index in [1.165, 1.54) is 19.4 Å². The normalized spacial score (nSPS) is 26.2. The molecule has 0 aromatic heterocycles. The van der Waals surface area contributed by atoms with Crippen molar-refractivity contribution in [3.05, 3.63) is 23.8 Å². The molecule has 2 fully saturated rings. The molecule has 0 radical (unpaired) electrons. The SMILES string of the molecule is NC(=O)c1cc(N)ccc1NC1CCN2CCCC2C1. The van der Waals surface area contributed by atoms with Gasteiger partial charge < -0.3 is 21.7 Å². The Balaban J connectivity index is 1.73. The van der Waals surface area contributed by atoms with Gasteiger partial charge in [-0.05, 0) is 50.4 Å². The molecular formula is C15H22N4O. The first kappa shape index (κ1) is 13.2. The Bertz CT molecular complexity index is 517. The van der Waals surface area contributed by atoms with Crippen molar-refractivity contribution >= 4 is 17.3 Å². The highest BCUT2D eigenvalue weighted by Crippen LogP contribution is 2.29. The molecule has 1 aromatic rings. The summed E-state index contributed by atoms with van der Waals surface area (Å²) < 4.78 is 0. The highest BCUT2D eigenvalue weighted by molar-refractivity contribution is 5.99. The van der Waals surface area contributed by atoms with Crippen LogP contribution in [0.4, 0.5) is 11.4 Å². The van der Waals surface area contributed by atoms with Crippen molar-refractivity contribution in [3.8, 4) is 0 Å². The van der Waals surface area contributed by atoms with Crippen LogP contribution in [-0.2, 0) is 0 Å².